The number of hydrogen-bond donors (Lipinski definition) is 1. The first-order valence-electron chi connectivity index (χ1n) is 5.93. The molecule has 1 unspecified atom stereocenters. The minimum absolute atomic E-state index is 0.116. The molecule has 0 aromatic heterocycles. The molecule has 0 saturated heterocycles. The molecule has 1 aromatic rings. The summed E-state index contributed by atoms with van der Waals surface area (Å²) in [5.41, 5.74) is -0.122. The molecule has 1 atom stereocenters. The summed E-state index contributed by atoms with van der Waals surface area (Å²) in [7, 11) is 1.44. The first-order valence-corrected chi connectivity index (χ1v) is 5.93. The lowest BCUT2D eigenvalue weighted by atomic mass is 9.86. The zero-order valence-electron chi connectivity index (χ0n) is 10.6. The van der Waals surface area contributed by atoms with E-state index in [4.69, 9.17) is 4.74 Å². The van der Waals surface area contributed by atoms with Crippen molar-refractivity contribution in [3.63, 3.8) is 0 Å². The molecule has 0 bridgehead atoms. The van der Waals surface area contributed by atoms with E-state index in [2.05, 4.69) is 13.8 Å². The standard InChI is InChI=1S/C14H19FO2/c1-13(2)6-7-14(16,9-13)10-4-5-12(17-3)11(15)8-10/h4-5,8,16H,6-7,9H2,1-3H3. The summed E-state index contributed by atoms with van der Waals surface area (Å²) in [6.45, 7) is 4.26. The van der Waals surface area contributed by atoms with Gasteiger partial charge in [-0.25, -0.2) is 4.39 Å². The average Bonchev–Trinajstić information content (AvgIpc) is 2.54. The molecule has 0 aliphatic heterocycles. The lowest BCUT2D eigenvalue weighted by Crippen LogP contribution is -2.23. The maximum absolute atomic E-state index is 13.6. The Bertz CT molecular complexity index is 428. The van der Waals surface area contributed by atoms with E-state index in [0.717, 1.165) is 6.42 Å². The smallest absolute Gasteiger partial charge is 0.165 e. The van der Waals surface area contributed by atoms with Gasteiger partial charge in [-0.15, -0.1) is 0 Å². The minimum Gasteiger partial charge on any atom is -0.494 e. The summed E-state index contributed by atoms with van der Waals surface area (Å²) in [6, 6.07) is 4.72. The lowest BCUT2D eigenvalue weighted by molar-refractivity contribution is 0.0335. The third kappa shape index (κ3) is 2.29. The van der Waals surface area contributed by atoms with Gasteiger partial charge in [-0.05, 0) is 42.4 Å². The number of methoxy groups -OCH3 is 1. The molecule has 0 heterocycles. The van der Waals surface area contributed by atoms with Crippen LogP contribution in [0, 0.1) is 11.2 Å². The summed E-state index contributed by atoms with van der Waals surface area (Å²) in [5, 5.41) is 10.6. The quantitative estimate of drug-likeness (QED) is 0.857. The van der Waals surface area contributed by atoms with Crippen molar-refractivity contribution < 1.29 is 14.2 Å². The van der Waals surface area contributed by atoms with Crippen molar-refractivity contribution in [2.75, 3.05) is 7.11 Å². The number of benzene rings is 1. The fourth-order valence-electron chi connectivity index (χ4n) is 2.72. The Morgan fingerprint density at radius 1 is 1.29 bits per heavy atom. The van der Waals surface area contributed by atoms with Crippen molar-refractivity contribution in [3.8, 4) is 5.75 Å². The summed E-state index contributed by atoms with van der Waals surface area (Å²) in [6.07, 6.45) is 2.31. The first kappa shape index (κ1) is 12.4. The number of rotatable bonds is 2. The Balaban J connectivity index is 2.32. The Morgan fingerprint density at radius 2 is 2.00 bits per heavy atom. The Kier molecular flexibility index (Phi) is 2.90. The van der Waals surface area contributed by atoms with Crippen LogP contribution < -0.4 is 4.74 Å². The Labute approximate surface area is 101 Å². The minimum atomic E-state index is -0.892. The maximum atomic E-state index is 13.6. The van der Waals surface area contributed by atoms with Crippen molar-refractivity contribution in [1.29, 1.82) is 0 Å². The molecule has 2 rings (SSSR count). The Hall–Kier alpha value is -1.09. The van der Waals surface area contributed by atoms with Crippen molar-refractivity contribution in [1.82, 2.24) is 0 Å². The van der Waals surface area contributed by atoms with Gasteiger partial charge in [0.1, 0.15) is 0 Å². The van der Waals surface area contributed by atoms with E-state index >= 15 is 0 Å². The predicted octanol–water partition coefficient (Wildman–Crippen LogP) is 3.23. The first-order chi connectivity index (χ1) is 7.86. The predicted molar refractivity (Wildman–Crippen MR) is 64.5 cm³/mol. The van der Waals surface area contributed by atoms with Crippen LogP contribution in [0.2, 0.25) is 0 Å². The fraction of sp³-hybridized carbons (Fsp3) is 0.571. The van der Waals surface area contributed by atoms with Crippen LogP contribution in [-0.4, -0.2) is 12.2 Å². The number of hydrogen-bond acceptors (Lipinski definition) is 2. The SMILES string of the molecule is COc1ccc(C2(O)CCC(C)(C)C2)cc1F. The van der Waals surface area contributed by atoms with Crippen LogP contribution in [0.1, 0.15) is 38.7 Å². The van der Waals surface area contributed by atoms with Gasteiger partial charge in [0.2, 0.25) is 0 Å². The second-order valence-corrected chi connectivity index (χ2v) is 5.72. The fourth-order valence-corrected chi connectivity index (χ4v) is 2.72. The molecule has 1 aromatic carbocycles. The number of aliphatic hydroxyl groups is 1. The van der Waals surface area contributed by atoms with Gasteiger partial charge in [-0.1, -0.05) is 19.9 Å². The van der Waals surface area contributed by atoms with E-state index in [0.29, 0.717) is 18.4 Å². The van der Waals surface area contributed by atoms with Crippen molar-refractivity contribution in [2.24, 2.45) is 5.41 Å². The van der Waals surface area contributed by atoms with Crippen LogP contribution in [0.5, 0.6) is 5.75 Å². The van der Waals surface area contributed by atoms with E-state index in [1.165, 1.54) is 13.2 Å². The van der Waals surface area contributed by atoms with Gasteiger partial charge in [-0.2, -0.15) is 0 Å². The highest BCUT2D eigenvalue weighted by Gasteiger charge is 2.43. The summed E-state index contributed by atoms with van der Waals surface area (Å²) < 4.78 is 18.5. The molecule has 2 nitrogen and oxygen atoms in total. The third-order valence-electron chi connectivity index (χ3n) is 3.68. The average molecular weight is 238 g/mol. The van der Waals surface area contributed by atoms with Gasteiger partial charge in [-0.3, -0.25) is 0 Å². The largest absolute Gasteiger partial charge is 0.494 e. The van der Waals surface area contributed by atoms with Gasteiger partial charge in [0.25, 0.3) is 0 Å². The van der Waals surface area contributed by atoms with Crippen LogP contribution in [0.25, 0.3) is 0 Å². The third-order valence-corrected chi connectivity index (χ3v) is 3.68. The molecule has 0 amide bonds. The molecule has 0 radical (unpaired) electrons. The van der Waals surface area contributed by atoms with Crippen LogP contribution in [0.3, 0.4) is 0 Å². The van der Waals surface area contributed by atoms with E-state index in [9.17, 15) is 9.50 Å². The number of ether oxygens (including phenoxy) is 1. The van der Waals surface area contributed by atoms with Gasteiger partial charge >= 0.3 is 0 Å². The second-order valence-electron chi connectivity index (χ2n) is 5.72. The van der Waals surface area contributed by atoms with E-state index in [1.54, 1.807) is 12.1 Å². The van der Waals surface area contributed by atoms with Crippen molar-refractivity contribution in [2.45, 2.75) is 38.7 Å². The molecule has 94 valence electrons. The van der Waals surface area contributed by atoms with E-state index in [-0.39, 0.29) is 11.2 Å². The van der Waals surface area contributed by atoms with Crippen molar-refractivity contribution in [3.05, 3.63) is 29.6 Å². The van der Waals surface area contributed by atoms with Gasteiger partial charge in [0, 0.05) is 0 Å². The molecule has 17 heavy (non-hydrogen) atoms. The topological polar surface area (TPSA) is 29.5 Å². The zero-order valence-corrected chi connectivity index (χ0v) is 10.6. The summed E-state index contributed by atoms with van der Waals surface area (Å²) >= 11 is 0. The van der Waals surface area contributed by atoms with Crippen LogP contribution in [0.15, 0.2) is 18.2 Å². The monoisotopic (exact) mass is 238 g/mol. The maximum Gasteiger partial charge on any atom is 0.165 e. The molecule has 1 aliphatic carbocycles. The van der Waals surface area contributed by atoms with Gasteiger partial charge < -0.3 is 9.84 Å². The highest BCUT2D eigenvalue weighted by atomic mass is 19.1. The van der Waals surface area contributed by atoms with Gasteiger partial charge in [0.05, 0.1) is 12.7 Å². The van der Waals surface area contributed by atoms with E-state index in [1.807, 2.05) is 0 Å². The lowest BCUT2D eigenvalue weighted by Gasteiger charge is -2.26. The van der Waals surface area contributed by atoms with Gasteiger partial charge in [0.15, 0.2) is 11.6 Å². The summed E-state index contributed by atoms with van der Waals surface area (Å²) in [4.78, 5) is 0. The van der Waals surface area contributed by atoms with Crippen molar-refractivity contribution >= 4 is 0 Å². The molecular formula is C14H19FO2. The van der Waals surface area contributed by atoms with Crippen LogP contribution in [0.4, 0.5) is 4.39 Å². The van der Waals surface area contributed by atoms with Crippen LogP contribution >= 0.6 is 0 Å². The molecule has 0 spiro atoms. The zero-order chi connectivity index (χ0) is 12.7. The second kappa shape index (κ2) is 3.98. The van der Waals surface area contributed by atoms with E-state index < -0.39 is 11.4 Å². The summed E-state index contributed by atoms with van der Waals surface area (Å²) in [5.74, 6) is -0.197. The highest BCUT2D eigenvalue weighted by Crippen LogP contribution is 2.49. The number of halogens is 1. The normalized spacial score (nSPS) is 27.1. The molecule has 3 heteroatoms. The molecule has 1 saturated carbocycles. The molecule has 1 aliphatic rings. The Morgan fingerprint density at radius 3 is 2.47 bits per heavy atom. The molecule has 1 fully saturated rings. The van der Waals surface area contributed by atoms with Crippen LogP contribution in [-0.2, 0) is 5.60 Å². The molecule has 1 N–H and O–H groups in total. The highest BCUT2D eigenvalue weighted by molar-refractivity contribution is 5.33. The molecular weight excluding hydrogens is 219 g/mol.